The average Bonchev–Trinajstić information content (AvgIpc) is 2.55. The summed E-state index contributed by atoms with van der Waals surface area (Å²) in [6.07, 6.45) is 0. The number of hydrogen-bond acceptors (Lipinski definition) is 5. The van der Waals surface area contributed by atoms with E-state index >= 15 is 0 Å². The fourth-order valence-electron chi connectivity index (χ4n) is 1.61. The highest BCUT2D eigenvalue weighted by Crippen LogP contribution is 2.13. The van der Waals surface area contributed by atoms with Crippen molar-refractivity contribution < 1.29 is 19.1 Å². The van der Waals surface area contributed by atoms with Crippen LogP contribution in [0, 0.1) is 5.92 Å². The first-order valence-electron chi connectivity index (χ1n) is 7.86. The smallest absolute Gasteiger partial charge is 0.316 e. The molecule has 25 heavy (non-hydrogen) atoms. The largest absolute Gasteiger partial charge is 0.455 e. The molecule has 0 heterocycles. The van der Waals surface area contributed by atoms with Gasteiger partial charge in [0.05, 0.1) is 11.5 Å². The maximum atomic E-state index is 11.7. The Labute approximate surface area is 157 Å². The molecule has 0 saturated carbocycles. The second-order valence-electron chi connectivity index (χ2n) is 5.81. The average molecular weight is 387 g/mol. The number of nitrogens with one attached hydrogen (secondary N) is 2. The highest BCUT2D eigenvalue weighted by Gasteiger charge is 2.13. The molecule has 0 fully saturated rings. The third-order valence-electron chi connectivity index (χ3n) is 3.33. The summed E-state index contributed by atoms with van der Waals surface area (Å²) in [5.74, 6) is -0.690. The Kier molecular flexibility index (Phi) is 9.37. The summed E-state index contributed by atoms with van der Waals surface area (Å²) in [4.78, 5) is 34.9. The van der Waals surface area contributed by atoms with Crippen LogP contribution >= 0.6 is 23.4 Å². The lowest BCUT2D eigenvalue weighted by Crippen LogP contribution is -2.38. The van der Waals surface area contributed by atoms with E-state index in [1.165, 1.54) is 0 Å². The first kappa shape index (κ1) is 21.3. The van der Waals surface area contributed by atoms with Gasteiger partial charge in [0.1, 0.15) is 0 Å². The number of benzene rings is 1. The number of anilines is 1. The molecule has 0 aliphatic rings. The molecule has 0 saturated heterocycles. The van der Waals surface area contributed by atoms with E-state index in [9.17, 15) is 14.4 Å². The zero-order valence-electron chi connectivity index (χ0n) is 14.5. The van der Waals surface area contributed by atoms with Crippen molar-refractivity contribution in [2.24, 2.45) is 5.92 Å². The first-order valence-corrected chi connectivity index (χ1v) is 9.39. The van der Waals surface area contributed by atoms with E-state index in [4.69, 9.17) is 16.3 Å². The molecule has 6 nitrogen and oxygen atoms in total. The molecule has 1 rings (SSSR count). The van der Waals surface area contributed by atoms with Crippen LogP contribution in [0.2, 0.25) is 5.02 Å². The molecule has 2 N–H and O–H groups in total. The minimum atomic E-state index is -0.531. The van der Waals surface area contributed by atoms with Gasteiger partial charge < -0.3 is 15.4 Å². The number of esters is 1. The first-order chi connectivity index (χ1) is 11.8. The van der Waals surface area contributed by atoms with Gasteiger partial charge in [0.2, 0.25) is 5.91 Å². The van der Waals surface area contributed by atoms with E-state index in [-0.39, 0.29) is 36.0 Å². The Bertz CT molecular complexity index is 593. The normalized spacial score (nSPS) is 11.7. The van der Waals surface area contributed by atoms with Crippen LogP contribution in [0.1, 0.15) is 20.8 Å². The van der Waals surface area contributed by atoms with Crippen LogP contribution < -0.4 is 10.6 Å². The summed E-state index contributed by atoms with van der Waals surface area (Å²) in [7, 11) is 0. The van der Waals surface area contributed by atoms with Gasteiger partial charge in [-0.2, -0.15) is 0 Å². The maximum Gasteiger partial charge on any atom is 0.316 e. The predicted molar refractivity (Wildman–Crippen MR) is 101 cm³/mol. The van der Waals surface area contributed by atoms with Crippen molar-refractivity contribution in [1.29, 1.82) is 0 Å². The summed E-state index contributed by atoms with van der Waals surface area (Å²) < 4.78 is 4.88. The van der Waals surface area contributed by atoms with Crippen LogP contribution in [-0.2, 0) is 19.1 Å². The number of ether oxygens (including phenoxy) is 1. The third kappa shape index (κ3) is 9.36. The molecule has 0 aliphatic carbocycles. The van der Waals surface area contributed by atoms with E-state index < -0.39 is 5.97 Å². The quantitative estimate of drug-likeness (QED) is 0.637. The van der Waals surface area contributed by atoms with Crippen LogP contribution in [0.4, 0.5) is 5.69 Å². The Balaban J connectivity index is 2.18. The highest BCUT2D eigenvalue weighted by atomic mass is 35.5. The van der Waals surface area contributed by atoms with Gasteiger partial charge in [-0.05, 0) is 37.1 Å². The molecule has 0 radical (unpaired) electrons. The van der Waals surface area contributed by atoms with Gasteiger partial charge in [-0.3, -0.25) is 14.4 Å². The monoisotopic (exact) mass is 386 g/mol. The van der Waals surface area contributed by atoms with Gasteiger partial charge in [0.25, 0.3) is 5.91 Å². The number of carbonyl (C=O) groups is 3. The molecule has 1 aromatic rings. The van der Waals surface area contributed by atoms with Crippen molar-refractivity contribution in [3.63, 3.8) is 0 Å². The summed E-state index contributed by atoms with van der Waals surface area (Å²) in [6, 6.07) is 6.74. The molecule has 8 heteroatoms. The predicted octanol–water partition coefficient (Wildman–Crippen LogP) is 2.72. The molecule has 1 atom stereocenters. The van der Waals surface area contributed by atoms with Crippen molar-refractivity contribution in [2.75, 3.05) is 23.4 Å². The Morgan fingerprint density at radius 1 is 1.08 bits per heavy atom. The van der Waals surface area contributed by atoms with Crippen LogP contribution in [0.3, 0.4) is 0 Å². The van der Waals surface area contributed by atoms with Crippen LogP contribution in [-0.4, -0.2) is 41.9 Å². The molecular formula is C17H23ClN2O4S. The van der Waals surface area contributed by atoms with Crippen molar-refractivity contribution in [2.45, 2.75) is 26.8 Å². The topological polar surface area (TPSA) is 84.5 Å². The minimum Gasteiger partial charge on any atom is -0.455 e. The maximum absolute atomic E-state index is 11.7. The zero-order chi connectivity index (χ0) is 18.8. The van der Waals surface area contributed by atoms with Crippen LogP contribution in [0.15, 0.2) is 24.3 Å². The number of carbonyl (C=O) groups excluding carboxylic acids is 3. The number of halogens is 1. The van der Waals surface area contributed by atoms with Crippen molar-refractivity contribution >= 4 is 46.8 Å². The zero-order valence-corrected chi connectivity index (χ0v) is 16.1. The van der Waals surface area contributed by atoms with Gasteiger partial charge in [0, 0.05) is 16.8 Å². The van der Waals surface area contributed by atoms with E-state index in [2.05, 4.69) is 10.6 Å². The number of amides is 2. The Hall–Kier alpha value is -1.73. The van der Waals surface area contributed by atoms with Crippen molar-refractivity contribution in [3.8, 4) is 0 Å². The third-order valence-corrected chi connectivity index (χ3v) is 4.49. The summed E-state index contributed by atoms with van der Waals surface area (Å²) >= 11 is 6.88. The van der Waals surface area contributed by atoms with Gasteiger partial charge in [-0.1, -0.05) is 25.4 Å². The second-order valence-corrected chi connectivity index (χ2v) is 7.23. The lowest BCUT2D eigenvalue weighted by molar-refractivity contribution is -0.146. The summed E-state index contributed by atoms with van der Waals surface area (Å²) in [5.41, 5.74) is 0.633. The second kappa shape index (κ2) is 11.0. The van der Waals surface area contributed by atoms with Gasteiger partial charge >= 0.3 is 5.97 Å². The molecule has 1 aromatic carbocycles. The van der Waals surface area contributed by atoms with Crippen molar-refractivity contribution in [3.05, 3.63) is 29.3 Å². The van der Waals surface area contributed by atoms with E-state index in [1.54, 1.807) is 24.3 Å². The minimum absolute atomic E-state index is 0.00104. The molecule has 0 bridgehead atoms. The van der Waals surface area contributed by atoms with Gasteiger partial charge in [0.15, 0.2) is 6.61 Å². The van der Waals surface area contributed by atoms with E-state index in [1.807, 2.05) is 20.8 Å². The van der Waals surface area contributed by atoms with Crippen LogP contribution in [0.5, 0.6) is 0 Å². The fourth-order valence-corrected chi connectivity index (χ4v) is 2.34. The fraction of sp³-hybridized carbons (Fsp3) is 0.471. The van der Waals surface area contributed by atoms with E-state index in [0.29, 0.717) is 16.6 Å². The highest BCUT2D eigenvalue weighted by molar-refractivity contribution is 8.00. The molecule has 2 amide bonds. The van der Waals surface area contributed by atoms with Gasteiger partial charge in [-0.25, -0.2) is 0 Å². The lowest BCUT2D eigenvalue weighted by atomic mass is 10.1. The Morgan fingerprint density at radius 3 is 2.32 bits per heavy atom. The molecule has 0 unspecified atom stereocenters. The molecule has 0 aliphatic heterocycles. The summed E-state index contributed by atoms with van der Waals surface area (Å²) in [6.45, 7) is 5.55. The molecule has 138 valence electrons. The SMILES string of the molecule is CC(C)[C@H](C)NC(=O)COC(=O)CSCC(=O)Nc1ccc(Cl)cc1. The van der Waals surface area contributed by atoms with Gasteiger partial charge in [-0.15, -0.1) is 11.8 Å². The molecular weight excluding hydrogens is 364 g/mol. The number of rotatable bonds is 9. The summed E-state index contributed by atoms with van der Waals surface area (Å²) in [5, 5.41) is 6.02. The van der Waals surface area contributed by atoms with Crippen molar-refractivity contribution in [1.82, 2.24) is 5.32 Å². The standard InChI is InChI=1S/C17H23ClN2O4S/c1-11(2)12(3)19-15(21)8-24-17(23)10-25-9-16(22)20-14-6-4-13(18)5-7-14/h4-7,11-12H,8-10H2,1-3H3,(H,19,21)(H,20,22)/t12-/m0/s1. The van der Waals surface area contributed by atoms with Crippen LogP contribution in [0.25, 0.3) is 0 Å². The van der Waals surface area contributed by atoms with E-state index in [0.717, 1.165) is 11.8 Å². The number of hydrogen-bond donors (Lipinski definition) is 2. The Morgan fingerprint density at radius 2 is 1.72 bits per heavy atom. The molecule has 0 aromatic heterocycles. The molecule has 0 spiro atoms. The lowest BCUT2D eigenvalue weighted by Gasteiger charge is -2.17. The number of thioether (sulfide) groups is 1.